The highest BCUT2D eigenvalue weighted by molar-refractivity contribution is 5.70. The Bertz CT molecular complexity index is 428. The lowest BCUT2D eigenvalue weighted by Gasteiger charge is -2.17. The van der Waals surface area contributed by atoms with Gasteiger partial charge in [0, 0.05) is 13.1 Å². The van der Waals surface area contributed by atoms with Crippen LogP contribution < -0.4 is 0 Å². The van der Waals surface area contributed by atoms with Crippen molar-refractivity contribution in [3.05, 3.63) is 35.4 Å². The Morgan fingerprint density at radius 3 is 2.53 bits per heavy atom. The summed E-state index contributed by atoms with van der Waals surface area (Å²) in [5, 5.41) is 18.3. The number of hydrogen-bond donors (Lipinski definition) is 2. The first-order valence-corrected chi connectivity index (χ1v) is 6.74. The molecule has 2 rings (SSSR count). The molecule has 1 heterocycles. The normalized spacial score (nSPS) is 21.5. The molecule has 19 heavy (non-hydrogen) atoms. The fourth-order valence-electron chi connectivity index (χ4n) is 2.60. The molecule has 0 saturated carbocycles. The number of carboxylic acids is 1. The van der Waals surface area contributed by atoms with Gasteiger partial charge in [-0.1, -0.05) is 24.3 Å². The first-order chi connectivity index (χ1) is 9.04. The summed E-state index contributed by atoms with van der Waals surface area (Å²) >= 11 is 0. The highest BCUT2D eigenvalue weighted by Crippen LogP contribution is 2.21. The van der Waals surface area contributed by atoms with E-state index in [1.165, 1.54) is 5.56 Å². The topological polar surface area (TPSA) is 60.8 Å². The van der Waals surface area contributed by atoms with Gasteiger partial charge in [-0.05, 0) is 36.9 Å². The van der Waals surface area contributed by atoms with Gasteiger partial charge in [-0.15, -0.1) is 0 Å². The van der Waals surface area contributed by atoms with Crippen molar-refractivity contribution in [2.24, 2.45) is 5.92 Å². The molecule has 4 nitrogen and oxygen atoms in total. The number of nitrogens with zero attached hydrogens (tertiary/aromatic N) is 1. The molecule has 0 aromatic heterocycles. The predicted octanol–water partition coefficient (Wildman–Crippen LogP) is 1.52. The Morgan fingerprint density at radius 1 is 1.37 bits per heavy atom. The molecule has 104 valence electrons. The van der Waals surface area contributed by atoms with Crippen LogP contribution in [0.4, 0.5) is 0 Å². The predicted molar refractivity (Wildman–Crippen MR) is 72.8 cm³/mol. The van der Waals surface area contributed by atoms with Crippen LogP contribution in [-0.4, -0.2) is 40.3 Å². The molecule has 1 aliphatic rings. The summed E-state index contributed by atoms with van der Waals surface area (Å²) in [5.74, 6) is -0.418. The smallest absolute Gasteiger partial charge is 0.307 e. The van der Waals surface area contributed by atoms with Gasteiger partial charge < -0.3 is 10.2 Å². The van der Waals surface area contributed by atoms with E-state index in [0.29, 0.717) is 5.92 Å². The van der Waals surface area contributed by atoms with Crippen LogP contribution in [-0.2, 0) is 17.8 Å². The third kappa shape index (κ3) is 4.04. The second kappa shape index (κ2) is 6.17. The number of rotatable bonds is 5. The molecule has 1 aliphatic heterocycles. The van der Waals surface area contributed by atoms with Gasteiger partial charge >= 0.3 is 5.97 Å². The number of carbonyl (C=O) groups is 1. The molecule has 0 spiro atoms. The molecule has 1 saturated heterocycles. The summed E-state index contributed by atoms with van der Waals surface area (Å²) in [7, 11) is 0. The summed E-state index contributed by atoms with van der Waals surface area (Å²) in [6, 6.07) is 7.75. The zero-order valence-electron chi connectivity index (χ0n) is 11.2. The van der Waals surface area contributed by atoms with E-state index in [1.54, 1.807) is 0 Å². The zero-order chi connectivity index (χ0) is 13.8. The lowest BCUT2D eigenvalue weighted by atomic mass is 10.0. The van der Waals surface area contributed by atoms with Crippen molar-refractivity contribution in [2.75, 3.05) is 13.1 Å². The largest absolute Gasteiger partial charge is 0.481 e. The highest BCUT2D eigenvalue weighted by Gasteiger charge is 2.25. The fraction of sp³-hybridized carbons (Fsp3) is 0.533. The van der Waals surface area contributed by atoms with E-state index in [0.717, 1.165) is 31.6 Å². The number of aliphatic hydroxyl groups excluding tert-OH is 1. The number of hydrogen-bond acceptors (Lipinski definition) is 3. The first-order valence-electron chi connectivity index (χ1n) is 6.74. The van der Waals surface area contributed by atoms with Gasteiger partial charge in [-0.3, -0.25) is 9.69 Å². The second-order valence-electron chi connectivity index (χ2n) is 5.41. The molecule has 0 aliphatic carbocycles. The minimum absolute atomic E-state index is 0.0775. The summed E-state index contributed by atoms with van der Waals surface area (Å²) in [6.07, 6.45) is 0.894. The zero-order valence-corrected chi connectivity index (χ0v) is 11.2. The van der Waals surface area contributed by atoms with E-state index < -0.39 is 5.97 Å². The van der Waals surface area contributed by atoms with Gasteiger partial charge in [-0.2, -0.15) is 0 Å². The fourth-order valence-corrected chi connectivity index (χ4v) is 2.60. The van der Waals surface area contributed by atoms with Crippen LogP contribution >= 0.6 is 0 Å². The van der Waals surface area contributed by atoms with Gasteiger partial charge in [0.1, 0.15) is 0 Å². The van der Waals surface area contributed by atoms with Crippen LogP contribution in [0.25, 0.3) is 0 Å². The maximum atomic E-state index is 10.6. The van der Waals surface area contributed by atoms with Crippen LogP contribution in [0.15, 0.2) is 24.3 Å². The van der Waals surface area contributed by atoms with E-state index in [-0.39, 0.29) is 12.5 Å². The standard InChI is InChI=1S/C15H21NO3/c1-11(17)14-6-7-16(10-14)9-13-4-2-12(3-5-13)8-15(18)19/h2-5,11,14,17H,6-10H2,1H3,(H,18,19). The number of carboxylic acid groups (broad SMARTS) is 1. The average molecular weight is 263 g/mol. The van der Waals surface area contributed by atoms with Crippen molar-refractivity contribution >= 4 is 5.97 Å². The van der Waals surface area contributed by atoms with E-state index in [9.17, 15) is 9.90 Å². The van der Waals surface area contributed by atoms with Crippen LogP contribution in [0.1, 0.15) is 24.5 Å². The van der Waals surface area contributed by atoms with Crippen molar-refractivity contribution in [1.82, 2.24) is 4.90 Å². The molecule has 1 aromatic rings. The second-order valence-corrected chi connectivity index (χ2v) is 5.41. The van der Waals surface area contributed by atoms with Crippen LogP contribution in [0.5, 0.6) is 0 Å². The molecular weight excluding hydrogens is 242 g/mol. The van der Waals surface area contributed by atoms with Crippen LogP contribution in [0.3, 0.4) is 0 Å². The molecule has 1 aromatic carbocycles. The van der Waals surface area contributed by atoms with Crippen LogP contribution in [0, 0.1) is 5.92 Å². The Kier molecular flexibility index (Phi) is 4.56. The van der Waals surface area contributed by atoms with Gasteiger partial charge in [0.15, 0.2) is 0 Å². The Labute approximate surface area is 113 Å². The third-order valence-corrected chi connectivity index (χ3v) is 3.78. The monoisotopic (exact) mass is 263 g/mol. The molecule has 0 amide bonds. The van der Waals surface area contributed by atoms with Crippen molar-refractivity contribution in [2.45, 2.75) is 32.4 Å². The Morgan fingerprint density at radius 2 is 2.00 bits per heavy atom. The van der Waals surface area contributed by atoms with Gasteiger partial charge in [-0.25, -0.2) is 0 Å². The number of likely N-dealkylation sites (tertiary alicyclic amines) is 1. The lowest BCUT2D eigenvalue weighted by molar-refractivity contribution is -0.136. The molecular formula is C15H21NO3. The van der Waals surface area contributed by atoms with Crippen molar-refractivity contribution in [3.63, 3.8) is 0 Å². The minimum Gasteiger partial charge on any atom is -0.481 e. The molecule has 2 atom stereocenters. The maximum Gasteiger partial charge on any atom is 0.307 e. The highest BCUT2D eigenvalue weighted by atomic mass is 16.4. The van der Waals surface area contributed by atoms with Gasteiger partial charge in [0.05, 0.1) is 12.5 Å². The van der Waals surface area contributed by atoms with Gasteiger partial charge in [0.25, 0.3) is 0 Å². The SMILES string of the molecule is CC(O)C1CCN(Cc2ccc(CC(=O)O)cc2)C1. The van der Waals surface area contributed by atoms with E-state index in [4.69, 9.17) is 5.11 Å². The quantitative estimate of drug-likeness (QED) is 0.845. The van der Waals surface area contributed by atoms with Crippen molar-refractivity contribution in [1.29, 1.82) is 0 Å². The van der Waals surface area contributed by atoms with E-state index >= 15 is 0 Å². The van der Waals surface area contributed by atoms with E-state index in [2.05, 4.69) is 4.90 Å². The summed E-state index contributed by atoms with van der Waals surface area (Å²) in [5.41, 5.74) is 2.03. The molecule has 4 heteroatoms. The number of aliphatic carboxylic acids is 1. The lowest BCUT2D eigenvalue weighted by Crippen LogP contribution is -2.23. The van der Waals surface area contributed by atoms with Crippen molar-refractivity contribution < 1.29 is 15.0 Å². The molecule has 2 N–H and O–H groups in total. The summed E-state index contributed by atoms with van der Waals surface area (Å²) in [6.45, 7) is 4.69. The summed E-state index contributed by atoms with van der Waals surface area (Å²) in [4.78, 5) is 12.9. The van der Waals surface area contributed by atoms with Crippen molar-refractivity contribution in [3.8, 4) is 0 Å². The third-order valence-electron chi connectivity index (χ3n) is 3.78. The van der Waals surface area contributed by atoms with E-state index in [1.807, 2.05) is 31.2 Å². The first kappa shape index (κ1) is 14.0. The molecule has 0 radical (unpaired) electrons. The molecule has 0 bridgehead atoms. The Balaban J connectivity index is 1.88. The van der Waals surface area contributed by atoms with Crippen LogP contribution in [0.2, 0.25) is 0 Å². The molecule has 1 fully saturated rings. The van der Waals surface area contributed by atoms with Gasteiger partial charge in [0.2, 0.25) is 0 Å². The summed E-state index contributed by atoms with van der Waals surface area (Å²) < 4.78 is 0. The Hall–Kier alpha value is -1.39. The maximum absolute atomic E-state index is 10.6. The average Bonchev–Trinajstić information content (AvgIpc) is 2.80. The number of aliphatic hydroxyl groups is 1. The molecule has 2 unspecified atom stereocenters. The minimum atomic E-state index is -0.799. The number of benzene rings is 1.